The zero-order chi connectivity index (χ0) is 22.4. The van der Waals surface area contributed by atoms with Crippen LogP contribution in [-0.4, -0.2) is 9.94 Å². The average Bonchev–Trinajstić information content (AvgIpc) is 3.10. The average molecular weight is 417 g/mol. The summed E-state index contributed by atoms with van der Waals surface area (Å²) in [7, 11) is 2.15. The van der Waals surface area contributed by atoms with E-state index in [4.69, 9.17) is 6.57 Å². The lowest BCUT2D eigenvalue weighted by Crippen LogP contribution is -2.29. The summed E-state index contributed by atoms with van der Waals surface area (Å²) in [5.41, 5.74) is 8.48. The molecular formula is C29H26N3+. The van der Waals surface area contributed by atoms with Crippen molar-refractivity contribution in [2.24, 2.45) is 7.05 Å². The first kappa shape index (κ1) is 19.1. The number of benzene rings is 3. The number of pyridine rings is 2. The lowest BCUT2D eigenvalue weighted by Gasteiger charge is -2.16. The van der Waals surface area contributed by atoms with Crippen LogP contribution in [0.5, 0.6) is 0 Å². The largest absolute Gasteiger partial charge is 0.311 e. The van der Waals surface area contributed by atoms with Crippen molar-refractivity contribution in [3.63, 3.8) is 0 Å². The second-order valence-corrected chi connectivity index (χ2v) is 9.92. The van der Waals surface area contributed by atoms with E-state index < -0.39 is 5.54 Å². The molecule has 0 aliphatic heterocycles. The Labute approximate surface area is 187 Å². The molecule has 0 aliphatic rings. The van der Waals surface area contributed by atoms with Gasteiger partial charge in [-0.05, 0) is 42.0 Å². The first-order valence-corrected chi connectivity index (χ1v) is 11.2. The molecule has 0 unspecified atom stereocenters. The van der Waals surface area contributed by atoms with Gasteiger partial charge in [0.1, 0.15) is 7.05 Å². The molecule has 6 aromatic rings. The molecule has 3 heterocycles. The van der Waals surface area contributed by atoms with Gasteiger partial charge in [-0.15, -0.1) is 0 Å². The Kier molecular flexibility index (Phi) is 3.70. The molecule has 3 heteroatoms. The minimum atomic E-state index is -0.421. The number of para-hydroxylation sites is 1. The summed E-state index contributed by atoms with van der Waals surface area (Å²) in [5.74, 6) is 0. The first-order valence-electron chi connectivity index (χ1n) is 11.2. The van der Waals surface area contributed by atoms with Gasteiger partial charge in [0.15, 0.2) is 6.20 Å². The lowest BCUT2D eigenvalue weighted by molar-refractivity contribution is -0.643. The van der Waals surface area contributed by atoms with Crippen LogP contribution in [-0.2, 0) is 13.5 Å². The van der Waals surface area contributed by atoms with Gasteiger partial charge in [-0.2, -0.15) is 0 Å². The van der Waals surface area contributed by atoms with Gasteiger partial charge in [-0.1, -0.05) is 36.4 Å². The fraction of sp³-hybridized carbons (Fsp3) is 0.241. The van der Waals surface area contributed by atoms with Crippen LogP contribution in [0, 0.1) is 20.4 Å². The number of rotatable bonds is 2. The maximum absolute atomic E-state index is 7.63. The molecule has 0 saturated heterocycles. The molecule has 3 nitrogen and oxygen atoms in total. The Hall–Kier alpha value is -3.64. The zero-order valence-corrected chi connectivity index (χ0v) is 19.2. The van der Waals surface area contributed by atoms with Crippen LogP contribution in [0.15, 0.2) is 54.7 Å². The Morgan fingerprint density at radius 3 is 2.50 bits per heavy atom. The summed E-state index contributed by atoms with van der Waals surface area (Å²) in [6, 6.07) is 18.0. The molecule has 0 atom stereocenters. The molecule has 0 radical (unpaired) electrons. The van der Waals surface area contributed by atoms with Crippen LogP contribution >= 0.6 is 0 Å². The molecule has 3 aromatic carbocycles. The minimum absolute atomic E-state index is 0.421. The Balaban J connectivity index is 1.96. The van der Waals surface area contributed by atoms with Crippen molar-refractivity contribution >= 4 is 49.0 Å². The van der Waals surface area contributed by atoms with Crippen LogP contribution in [0.3, 0.4) is 0 Å². The van der Waals surface area contributed by atoms with Gasteiger partial charge in [-0.3, -0.25) is 0 Å². The van der Waals surface area contributed by atoms with Crippen molar-refractivity contribution in [1.29, 1.82) is 0 Å². The summed E-state index contributed by atoms with van der Waals surface area (Å²) in [5, 5.41) is 6.47. The van der Waals surface area contributed by atoms with Gasteiger partial charge in [0.2, 0.25) is 11.1 Å². The van der Waals surface area contributed by atoms with Gasteiger partial charge in [0.05, 0.1) is 33.7 Å². The fourth-order valence-electron chi connectivity index (χ4n) is 5.63. The molecule has 0 saturated carbocycles. The number of hydrogen-bond acceptors (Lipinski definition) is 0. The van der Waals surface area contributed by atoms with E-state index in [1.165, 1.54) is 65.7 Å². The number of aromatic nitrogens is 2. The van der Waals surface area contributed by atoms with Crippen LogP contribution < -0.4 is 4.57 Å². The summed E-state index contributed by atoms with van der Waals surface area (Å²) in [6.45, 7) is 16.1. The van der Waals surface area contributed by atoms with Crippen molar-refractivity contribution in [3.8, 4) is 0 Å². The van der Waals surface area contributed by atoms with Crippen molar-refractivity contribution in [3.05, 3.63) is 82.8 Å². The van der Waals surface area contributed by atoms with Gasteiger partial charge >= 0.3 is 0 Å². The van der Waals surface area contributed by atoms with E-state index in [2.05, 4.69) is 89.4 Å². The van der Waals surface area contributed by atoms with Crippen LogP contribution in [0.1, 0.15) is 30.5 Å². The van der Waals surface area contributed by atoms with Crippen molar-refractivity contribution < 1.29 is 4.57 Å². The van der Waals surface area contributed by atoms with Crippen molar-refractivity contribution in [1.82, 2.24) is 4.40 Å². The number of aryl methyl sites for hydroxylation is 3. The minimum Gasteiger partial charge on any atom is -0.311 e. The molecule has 6 rings (SSSR count). The Morgan fingerprint density at radius 1 is 0.938 bits per heavy atom. The smallest absolute Gasteiger partial charge is 0.231 e. The second kappa shape index (κ2) is 6.20. The number of fused-ring (bicyclic) bond motifs is 5. The summed E-state index contributed by atoms with van der Waals surface area (Å²) < 4.78 is 4.76. The normalized spacial score (nSPS) is 12.6. The summed E-state index contributed by atoms with van der Waals surface area (Å²) >= 11 is 0. The molecule has 0 aliphatic carbocycles. The maximum Gasteiger partial charge on any atom is 0.231 e. The SMILES string of the molecule is [C-]#[N+]C(C)(C)Cc1cc2cc[n+](C)c3c4c(C)ccc5c6cccc(C)c6n(c(c1)c23)c54. The molecule has 0 fully saturated rings. The van der Waals surface area contributed by atoms with E-state index in [0.717, 1.165) is 6.42 Å². The predicted octanol–water partition coefficient (Wildman–Crippen LogP) is 6.67. The molecular weight excluding hydrogens is 390 g/mol. The fourth-order valence-corrected chi connectivity index (χ4v) is 5.63. The van der Waals surface area contributed by atoms with Gasteiger partial charge in [0.25, 0.3) is 0 Å². The maximum atomic E-state index is 7.63. The molecule has 0 spiro atoms. The van der Waals surface area contributed by atoms with E-state index in [1.807, 2.05) is 13.8 Å². The highest BCUT2D eigenvalue weighted by Crippen LogP contribution is 2.41. The highest BCUT2D eigenvalue weighted by Gasteiger charge is 2.27. The number of nitrogens with zero attached hydrogens (tertiary/aromatic N) is 3. The Morgan fingerprint density at radius 2 is 1.72 bits per heavy atom. The highest BCUT2D eigenvalue weighted by atomic mass is 15.0. The van der Waals surface area contributed by atoms with Gasteiger partial charge < -0.3 is 9.25 Å². The predicted molar refractivity (Wildman–Crippen MR) is 134 cm³/mol. The molecule has 32 heavy (non-hydrogen) atoms. The van der Waals surface area contributed by atoms with Crippen molar-refractivity contribution in [2.75, 3.05) is 0 Å². The van der Waals surface area contributed by atoms with Gasteiger partial charge in [-0.25, -0.2) is 11.1 Å². The zero-order valence-electron chi connectivity index (χ0n) is 19.2. The molecule has 156 valence electrons. The van der Waals surface area contributed by atoms with Crippen LogP contribution in [0.25, 0.3) is 53.8 Å². The third-order valence-corrected chi connectivity index (χ3v) is 7.05. The number of hydrogen-bond donors (Lipinski definition) is 0. The third-order valence-electron chi connectivity index (χ3n) is 7.05. The Bertz CT molecular complexity index is 1760. The standard InChI is InChI=1S/C29H26N3/c1-17-10-11-22-21-9-7-8-18(2)26(21)32-23-15-19(16-29(3,4)30-5)14-20-12-13-31(6)28(25(20)23)24(17)27(22)32/h7-15H,16H2,1-4,6H3/q+1. The summed E-state index contributed by atoms with van der Waals surface area (Å²) in [4.78, 5) is 3.88. The molecule has 3 aromatic heterocycles. The van der Waals surface area contributed by atoms with E-state index in [1.54, 1.807) is 0 Å². The molecule has 0 amide bonds. The molecule has 0 N–H and O–H groups in total. The topological polar surface area (TPSA) is 12.7 Å². The summed E-state index contributed by atoms with van der Waals surface area (Å²) in [6.07, 6.45) is 2.91. The van der Waals surface area contributed by atoms with Crippen LogP contribution in [0.4, 0.5) is 0 Å². The third kappa shape index (κ3) is 2.38. The van der Waals surface area contributed by atoms with Crippen LogP contribution in [0.2, 0.25) is 0 Å². The van der Waals surface area contributed by atoms with Crippen molar-refractivity contribution in [2.45, 2.75) is 39.7 Å². The first-order chi connectivity index (χ1) is 15.3. The monoisotopic (exact) mass is 416 g/mol. The quantitative estimate of drug-likeness (QED) is 0.129. The van der Waals surface area contributed by atoms with E-state index in [9.17, 15) is 0 Å². The van der Waals surface area contributed by atoms with Gasteiger partial charge in [0, 0.05) is 30.7 Å². The van der Waals surface area contributed by atoms with E-state index in [0.29, 0.717) is 0 Å². The molecule has 0 bridgehead atoms. The highest BCUT2D eigenvalue weighted by molar-refractivity contribution is 6.26. The van der Waals surface area contributed by atoms with E-state index >= 15 is 0 Å². The van der Waals surface area contributed by atoms with E-state index in [-0.39, 0.29) is 0 Å². The second-order valence-electron chi connectivity index (χ2n) is 9.92. The lowest BCUT2D eigenvalue weighted by atomic mass is 9.92.